The number of benzene rings is 3. The molecule has 1 saturated heterocycles. The number of hydrogen-bond donors (Lipinski definition) is 1. The maximum atomic E-state index is 13.2. The number of carbonyl (C=O) groups excluding carboxylic acids is 2. The molecule has 0 unspecified atom stereocenters. The fourth-order valence-corrected chi connectivity index (χ4v) is 5.24. The van der Waals surface area contributed by atoms with Crippen LogP contribution in [0, 0.1) is 6.92 Å². The van der Waals surface area contributed by atoms with E-state index in [2.05, 4.69) is 5.32 Å². The zero-order valence-corrected chi connectivity index (χ0v) is 22.5. The van der Waals surface area contributed by atoms with Crippen LogP contribution in [0.2, 0.25) is 0 Å². The highest BCUT2D eigenvalue weighted by Crippen LogP contribution is 2.39. The van der Waals surface area contributed by atoms with E-state index in [0.29, 0.717) is 33.0 Å². The fourth-order valence-electron chi connectivity index (χ4n) is 3.82. The lowest BCUT2D eigenvalue weighted by molar-refractivity contribution is -0.123. The molecule has 1 atom stereocenters. The molecule has 37 heavy (non-hydrogen) atoms. The van der Waals surface area contributed by atoms with Gasteiger partial charge in [-0.05, 0) is 62.2 Å². The first-order valence-electron chi connectivity index (χ1n) is 11.9. The first-order valence-corrected chi connectivity index (χ1v) is 13.2. The van der Waals surface area contributed by atoms with Crippen molar-refractivity contribution in [2.45, 2.75) is 26.8 Å². The summed E-state index contributed by atoms with van der Waals surface area (Å²) >= 11 is 6.81. The highest BCUT2D eigenvalue weighted by molar-refractivity contribution is 8.26. The van der Waals surface area contributed by atoms with E-state index in [1.54, 1.807) is 23.1 Å². The number of anilines is 1. The number of thioether (sulfide) groups is 1. The van der Waals surface area contributed by atoms with Crippen LogP contribution in [0.3, 0.4) is 0 Å². The van der Waals surface area contributed by atoms with Crippen molar-refractivity contribution in [3.63, 3.8) is 0 Å². The van der Waals surface area contributed by atoms with E-state index in [0.717, 1.165) is 16.7 Å². The van der Waals surface area contributed by atoms with Gasteiger partial charge in [0.15, 0.2) is 18.1 Å². The van der Waals surface area contributed by atoms with Crippen molar-refractivity contribution in [2.75, 3.05) is 18.5 Å². The molecule has 190 valence electrons. The van der Waals surface area contributed by atoms with E-state index in [1.807, 2.05) is 81.4 Å². The van der Waals surface area contributed by atoms with Gasteiger partial charge in [0.2, 0.25) is 0 Å². The van der Waals surface area contributed by atoms with Crippen LogP contribution in [0.1, 0.15) is 36.6 Å². The summed E-state index contributed by atoms with van der Waals surface area (Å²) < 4.78 is 12.0. The summed E-state index contributed by atoms with van der Waals surface area (Å²) in [5, 5.41) is 2.81. The summed E-state index contributed by atoms with van der Waals surface area (Å²) in [7, 11) is 0. The summed E-state index contributed by atoms with van der Waals surface area (Å²) in [5.41, 5.74) is 3.61. The number of nitrogens with one attached hydrogen (secondary N) is 1. The molecule has 1 fully saturated rings. The molecule has 3 aromatic rings. The first-order chi connectivity index (χ1) is 17.9. The van der Waals surface area contributed by atoms with E-state index < -0.39 is 0 Å². The normalized spacial score (nSPS) is 15.1. The average Bonchev–Trinajstić information content (AvgIpc) is 3.17. The van der Waals surface area contributed by atoms with Crippen LogP contribution >= 0.6 is 24.0 Å². The van der Waals surface area contributed by atoms with Gasteiger partial charge in [-0.1, -0.05) is 78.1 Å². The van der Waals surface area contributed by atoms with Crippen molar-refractivity contribution < 1.29 is 19.1 Å². The third-order valence-electron chi connectivity index (χ3n) is 5.75. The molecular weight excluding hydrogens is 504 g/mol. The lowest BCUT2D eigenvalue weighted by atomic mass is 10.1. The predicted octanol–water partition coefficient (Wildman–Crippen LogP) is 6.37. The van der Waals surface area contributed by atoms with Gasteiger partial charge in [0.05, 0.1) is 17.6 Å². The van der Waals surface area contributed by atoms with Crippen molar-refractivity contribution in [2.24, 2.45) is 0 Å². The van der Waals surface area contributed by atoms with Crippen LogP contribution in [0.25, 0.3) is 6.08 Å². The molecular formula is C29H28N2O4S2. The minimum atomic E-state index is -0.272. The van der Waals surface area contributed by atoms with Crippen LogP contribution in [-0.4, -0.2) is 34.2 Å². The predicted molar refractivity (Wildman–Crippen MR) is 153 cm³/mol. The number of thiocarbonyl (C=S) groups is 1. The van der Waals surface area contributed by atoms with Crippen LogP contribution in [0.4, 0.5) is 5.69 Å². The van der Waals surface area contributed by atoms with Crippen molar-refractivity contribution in [1.29, 1.82) is 0 Å². The summed E-state index contributed by atoms with van der Waals surface area (Å²) in [6, 6.07) is 22.6. The van der Waals surface area contributed by atoms with Gasteiger partial charge in [0, 0.05) is 5.69 Å². The number of carbonyl (C=O) groups is 2. The Balaban J connectivity index is 1.46. The van der Waals surface area contributed by atoms with Crippen molar-refractivity contribution in [3.05, 3.63) is 94.4 Å². The van der Waals surface area contributed by atoms with Crippen LogP contribution < -0.4 is 14.8 Å². The zero-order valence-electron chi connectivity index (χ0n) is 20.9. The SMILES string of the molecule is CCOc1cc(/C=C2\SC(=S)N([C@H](C)c3ccccc3)C2=O)ccc1OCC(=O)Nc1ccc(C)cc1. The minimum absolute atomic E-state index is 0.127. The van der Waals surface area contributed by atoms with Gasteiger partial charge >= 0.3 is 0 Å². The van der Waals surface area contributed by atoms with Gasteiger partial charge < -0.3 is 14.8 Å². The number of amides is 2. The summed E-state index contributed by atoms with van der Waals surface area (Å²) in [4.78, 5) is 27.7. The summed E-state index contributed by atoms with van der Waals surface area (Å²) in [6.45, 7) is 6.09. The quantitative estimate of drug-likeness (QED) is 0.255. The molecule has 1 aliphatic heterocycles. The molecule has 0 bridgehead atoms. The molecule has 2 amide bonds. The second-order valence-corrected chi connectivity index (χ2v) is 10.2. The van der Waals surface area contributed by atoms with E-state index >= 15 is 0 Å². The van der Waals surface area contributed by atoms with Gasteiger partial charge in [0.1, 0.15) is 4.32 Å². The number of nitrogens with zero attached hydrogens (tertiary/aromatic N) is 1. The van der Waals surface area contributed by atoms with E-state index in [4.69, 9.17) is 21.7 Å². The fraction of sp³-hybridized carbons (Fsp3) is 0.207. The van der Waals surface area contributed by atoms with E-state index in [9.17, 15) is 9.59 Å². The van der Waals surface area contributed by atoms with Crippen molar-refractivity contribution in [3.8, 4) is 11.5 Å². The lowest BCUT2D eigenvalue weighted by Crippen LogP contribution is -2.30. The van der Waals surface area contributed by atoms with Gasteiger partial charge in [-0.25, -0.2) is 0 Å². The van der Waals surface area contributed by atoms with Crippen LogP contribution in [0.5, 0.6) is 11.5 Å². The summed E-state index contributed by atoms with van der Waals surface area (Å²) in [5.74, 6) is 0.542. The smallest absolute Gasteiger partial charge is 0.266 e. The Morgan fingerprint density at radius 2 is 1.78 bits per heavy atom. The zero-order chi connectivity index (χ0) is 26.4. The van der Waals surface area contributed by atoms with Gasteiger partial charge in [-0.2, -0.15) is 0 Å². The topological polar surface area (TPSA) is 67.9 Å². The lowest BCUT2D eigenvalue weighted by Gasteiger charge is -2.23. The molecule has 0 radical (unpaired) electrons. The van der Waals surface area contributed by atoms with Crippen molar-refractivity contribution >= 4 is 51.9 Å². The third kappa shape index (κ3) is 6.58. The van der Waals surface area contributed by atoms with Crippen molar-refractivity contribution in [1.82, 2.24) is 4.90 Å². The Hall–Kier alpha value is -3.62. The molecule has 8 heteroatoms. The first kappa shape index (κ1) is 26.4. The Morgan fingerprint density at radius 1 is 1.05 bits per heavy atom. The Kier molecular flexibility index (Phi) is 8.63. The highest BCUT2D eigenvalue weighted by Gasteiger charge is 2.35. The molecule has 1 heterocycles. The van der Waals surface area contributed by atoms with Gasteiger partial charge in [0.25, 0.3) is 11.8 Å². The second-order valence-electron chi connectivity index (χ2n) is 8.48. The van der Waals surface area contributed by atoms with E-state index in [1.165, 1.54) is 11.8 Å². The van der Waals surface area contributed by atoms with E-state index in [-0.39, 0.29) is 24.5 Å². The minimum Gasteiger partial charge on any atom is -0.490 e. The maximum absolute atomic E-state index is 13.2. The molecule has 0 aliphatic carbocycles. The number of rotatable bonds is 9. The third-order valence-corrected chi connectivity index (χ3v) is 7.08. The number of aryl methyl sites for hydroxylation is 1. The second kappa shape index (κ2) is 12.1. The average molecular weight is 533 g/mol. The maximum Gasteiger partial charge on any atom is 0.266 e. The molecule has 1 aliphatic rings. The largest absolute Gasteiger partial charge is 0.490 e. The number of hydrogen-bond acceptors (Lipinski definition) is 6. The molecule has 0 spiro atoms. The highest BCUT2D eigenvalue weighted by atomic mass is 32.2. The van der Waals surface area contributed by atoms with Gasteiger partial charge in [-0.15, -0.1) is 0 Å². The Morgan fingerprint density at radius 3 is 2.49 bits per heavy atom. The van der Waals surface area contributed by atoms with Gasteiger partial charge in [-0.3, -0.25) is 14.5 Å². The van der Waals surface area contributed by atoms with Crippen LogP contribution in [-0.2, 0) is 9.59 Å². The monoisotopic (exact) mass is 532 g/mol. The Labute approximate surface area is 226 Å². The molecule has 0 aromatic heterocycles. The number of ether oxygens (including phenoxy) is 2. The molecule has 4 rings (SSSR count). The molecule has 1 N–H and O–H groups in total. The molecule has 0 saturated carbocycles. The molecule has 6 nitrogen and oxygen atoms in total. The molecule has 3 aromatic carbocycles. The standard InChI is InChI=1S/C29H28N2O4S2/c1-4-34-25-16-21(12-15-24(25)35-18-27(32)30-23-13-10-19(2)11-14-23)17-26-28(33)31(29(36)37-26)20(3)22-8-6-5-7-9-22/h5-17,20H,4,18H2,1-3H3,(H,30,32)/b26-17-/t20-/m1/s1. The Bertz CT molecular complexity index is 1320. The van der Waals surface area contributed by atoms with Crippen LogP contribution in [0.15, 0.2) is 77.7 Å². The summed E-state index contributed by atoms with van der Waals surface area (Å²) in [6.07, 6.45) is 1.80.